The van der Waals surface area contributed by atoms with E-state index in [0.29, 0.717) is 44.1 Å². The summed E-state index contributed by atoms with van der Waals surface area (Å²) in [5.41, 5.74) is 2.74. The number of aliphatic hydroxyl groups is 1. The highest BCUT2D eigenvalue weighted by atomic mass is 35.5. The van der Waals surface area contributed by atoms with Gasteiger partial charge in [0.1, 0.15) is 11.7 Å². The van der Waals surface area contributed by atoms with Gasteiger partial charge in [0, 0.05) is 58.1 Å². The SMILES string of the molecule is CCOc1nc(OC2CCN(C(C)=O)CC2)ccc1C(=O)NCC(O)C1Cc2ccccc2CN1.Cl. The smallest absolute Gasteiger partial charge is 0.256 e. The van der Waals surface area contributed by atoms with Gasteiger partial charge in [0.15, 0.2) is 0 Å². The summed E-state index contributed by atoms with van der Waals surface area (Å²) < 4.78 is 11.6. The third-order valence-electron chi connectivity index (χ3n) is 6.58. The van der Waals surface area contributed by atoms with E-state index in [1.54, 1.807) is 19.1 Å². The van der Waals surface area contributed by atoms with Crippen molar-refractivity contribution < 1.29 is 24.2 Å². The summed E-state index contributed by atoms with van der Waals surface area (Å²) in [7, 11) is 0. The highest BCUT2D eigenvalue weighted by Gasteiger charge is 2.26. The zero-order chi connectivity index (χ0) is 24.8. The molecule has 1 aromatic carbocycles. The molecular weight excluding hydrogens is 484 g/mol. The molecule has 0 radical (unpaired) electrons. The van der Waals surface area contributed by atoms with Gasteiger partial charge in [-0.15, -0.1) is 12.4 Å². The maximum absolute atomic E-state index is 12.9. The number of carbonyl (C=O) groups excluding carboxylic acids is 2. The molecule has 3 heterocycles. The number of halogens is 1. The standard InChI is InChI=1S/C26H34N4O5.ClH/c1-3-34-26-21(8-9-24(29-26)35-20-10-12-30(13-11-20)17(2)31)25(33)28-16-23(32)22-14-18-6-4-5-7-19(18)15-27-22;/h4-9,20,22-23,27,32H,3,10-16H2,1-2H3,(H,28,33);1H. The number of nitrogens with zero attached hydrogens (tertiary/aromatic N) is 2. The second-order valence-corrected chi connectivity index (χ2v) is 9.00. The molecule has 9 nitrogen and oxygen atoms in total. The number of benzene rings is 1. The van der Waals surface area contributed by atoms with Crippen molar-refractivity contribution >= 4 is 24.2 Å². The van der Waals surface area contributed by atoms with E-state index in [2.05, 4.69) is 27.8 Å². The molecule has 0 bridgehead atoms. The predicted octanol–water partition coefficient (Wildman–Crippen LogP) is 2.10. The quantitative estimate of drug-likeness (QED) is 0.490. The molecule has 0 saturated carbocycles. The van der Waals surface area contributed by atoms with E-state index >= 15 is 0 Å². The Morgan fingerprint density at radius 2 is 1.92 bits per heavy atom. The first kappa shape index (κ1) is 27.7. The van der Waals surface area contributed by atoms with E-state index in [9.17, 15) is 14.7 Å². The fourth-order valence-corrected chi connectivity index (χ4v) is 4.55. The highest BCUT2D eigenvalue weighted by molar-refractivity contribution is 5.96. The van der Waals surface area contributed by atoms with Gasteiger partial charge in [0.05, 0.1) is 12.7 Å². The molecule has 2 aliphatic rings. The minimum Gasteiger partial charge on any atom is -0.477 e. The third-order valence-corrected chi connectivity index (χ3v) is 6.58. The number of likely N-dealkylation sites (tertiary alicyclic amines) is 1. The lowest BCUT2D eigenvalue weighted by atomic mass is 9.93. The third kappa shape index (κ3) is 6.87. The van der Waals surface area contributed by atoms with Gasteiger partial charge in [0.2, 0.25) is 17.7 Å². The molecule has 1 fully saturated rings. The van der Waals surface area contributed by atoms with Crippen LogP contribution >= 0.6 is 12.4 Å². The number of hydrogen-bond acceptors (Lipinski definition) is 7. The molecule has 3 N–H and O–H groups in total. The van der Waals surface area contributed by atoms with Gasteiger partial charge >= 0.3 is 0 Å². The van der Waals surface area contributed by atoms with Gasteiger partial charge in [-0.3, -0.25) is 9.59 Å². The number of nitrogens with one attached hydrogen (secondary N) is 2. The Morgan fingerprint density at radius 3 is 2.61 bits per heavy atom. The van der Waals surface area contributed by atoms with Crippen molar-refractivity contribution in [2.75, 3.05) is 26.2 Å². The lowest BCUT2D eigenvalue weighted by Crippen LogP contribution is -2.49. The van der Waals surface area contributed by atoms with Gasteiger partial charge in [-0.25, -0.2) is 0 Å². The molecule has 10 heteroatoms. The minimum absolute atomic E-state index is 0. The molecule has 0 aliphatic carbocycles. The summed E-state index contributed by atoms with van der Waals surface area (Å²) >= 11 is 0. The van der Waals surface area contributed by atoms with Crippen molar-refractivity contribution in [3.05, 3.63) is 53.1 Å². The Hall–Kier alpha value is -2.88. The zero-order valence-corrected chi connectivity index (χ0v) is 21.6. The average Bonchev–Trinajstić information content (AvgIpc) is 2.87. The molecular formula is C26H35ClN4O5. The summed E-state index contributed by atoms with van der Waals surface area (Å²) in [5, 5.41) is 16.8. The second kappa shape index (κ2) is 12.9. The zero-order valence-electron chi connectivity index (χ0n) is 20.7. The van der Waals surface area contributed by atoms with Crippen LogP contribution in [-0.4, -0.2) is 71.3 Å². The van der Waals surface area contributed by atoms with E-state index < -0.39 is 6.10 Å². The lowest BCUT2D eigenvalue weighted by molar-refractivity contribution is -0.130. The van der Waals surface area contributed by atoms with E-state index in [-0.39, 0.29) is 48.8 Å². The summed E-state index contributed by atoms with van der Waals surface area (Å²) in [6.07, 6.45) is 1.38. The molecule has 2 amide bonds. The first-order valence-corrected chi connectivity index (χ1v) is 12.3. The first-order chi connectivity index (χ1) is 16.9. The van der Waals surface area contributed by atoms with Crippen molar-refractivity contribution in [2.45, 2.75) is 57.9 Å². The Kier molecular flexibility index (Phi) is 9.92. The minimum atomic E-state index is -0.737. The number of piperidine rings is 1. The maximum atomic E-state index is 12.9. The van der Waals surface area contributed by atoms with Crippen LogP contribution in [0.4, 0.5) is 0 Å². The number of hydrogen-bond donors (Lipinski definition) is 3. The topological polar surface area (TPSA) is 113 Å². The lowest BCUT2D eigenvalue weighted by Gasteiger charge is -2.31. The molecule has 2 unspecified atom stereocenters. The van der Waals surface area contributed by atoms with Crippen LogP contribution < -0.4 is 20.1 Å². The number of carbonyl (C=O) groups is 2. The number of rotatable bonds is 8. The summed E-state index contributed by atoms with van der Waals surface area (Å²) in [6.45, 7) is 5.86. The molecule has 1 saturated heterocycles. The van der Waals surface area contributed by atoms with Crippen LogP contribution in [0.1, 0.15) is 48.2 Å². The largest absolute Gasteiger partial charge is 0.477 e. The molecule has 4 rings (SSSR count). The van der Waals surface area contributed by atoms with Gasteiger partial charge < -0.3 is 30.1 Å². The van der Waals surface area contributed by atoms with Crippen molar-refractivity contribution in [1.82, 2.24) is 20.5 Å². The average molecular weight is 519 g/mol. The van der Waals surface area contributed by atoms with Crippen LogP contribution in [0.3, 0.4) is 0 Å². The van der Waals surface area contributed by atoms with Crippen LogP contribution in [0.2, 0.25) is 0 Å². The molecule has 2 atom stereocenters. The fourth-order valence-electron chi connectivity index (χ4n) is 4.55. The van der Waals surface area contributed by atoms with Gasteiger partial charge in [-0.05, 0) is 30.5 Å². The maximum Gasteiger partial charge on any atom is 0.256 e. The van der Waals surface area contributed by atoms with Crippen molar-refractivity contribution in [2.24, 2.45) is 0 Å². The molecule has 2 aliphatic heterocycles. The predicted molar refractivity (Wildman–Crippen MR) is 138 cm³/mol. The molecule has 196 valence electrons. The fraction of sp³-hybridized carbons (Fsp3) is 0.500. The number of aromatic nitrogens is 1. The molecule has 2 aromatic rings. The molecule has 1 aromatic heterocycles. The van der Waals surface area contributed by atoms with E-state index in [1.165, 1.54) is 11.1 Å². The number of pyridine rings is 1. The summed E-state index contributed by atoms with van der Waals surface area (Å²) in [6, 6.07) is 11.3. The number of amides is 2. The van der Waals surface area contributed by atoms with Gasteiger partial charge in [0.25, 0.3) is 5.91 Å². The molecule has 0 spiro atoms. The van der Waals surface area contributed by atoms with Crippen LogP contribution in [0, 0.1) is 0 Å². The Balaban J connectivity index is 0.00000361. The van der Waals surface area contributed by atoms with Gasteiger partial charge in [-0.2, -0.15) is 4.98 Å². The first-order valence-electron chi connectivity index (χ1n) is 12.3. The van der Waals surface area contributed by atoms with Crippen molar-refractivity contribution in [3.63, 3.8) is 0 Å². The number of fused-ring (bicyclic) bond motifs is 1. The summed E-state index contributed by atoms with van der Waals surface area (Å²) in [5.74, 6) is 0.293. The molecule has 36 heavy (non-hydrogen) atoms. The van der Waals surface area contributed by atoms with E-state index in [4.69, 9.17) is 9.47 Å². The second-order valence-electron chi connectivity index (χ2n) is 9.00. The summed E-state index contributed by atoms with van der Waals surface area (Å²) in [4.78, 5) is 30.6. The van der Waals surface area contributed by atoms with Crippen LogP contribution in [0.15, 0.2) is 36.4 Å². The van der Waals surface area contributed by atoms with E-state index in [1.807, 2.05) is 24.0 Å². The normalized spacial score (nSPS) is 18.4. The van der Waals surface area contributed by atoms with Crippen LogP contribution in [0.25, 0.3) is 0 Å². The van der Waals surface area contributed by atoms with Crippen molar-refractivity contribution in [1.29, 1.82) is 0 Å². The van der Waals surface area contributed by atoms with E-state index in [0.717, 1.165) is 12.8 Å². The Morgan fingerprint density at radius 1 is 1.19 bits per heavy atom. The Bertz CT molecular complexity index is 1040. The number of aliphatic hydroxyl groups excluding tert-OH is 1. The Labute approximate surface area is 218 Å². The van der Waals surface area contributed by atoms with Crippen LogP contribution in [0.5, 0.6) is 11.8 Å². The van der Waals surface area contributed by atoms with Crippen molar-refractivity contribution in [3.8, 4) is 11.8 Å². The monoisotopic (exact) mass is 518 g/mol. The van der Waals surface area contributed by atoms with Gasteiger partial charge in [-0.1, -0.05) is 24.3 Å². The number of ether oxygens (including phenoxy) is 2. The van der Waals surface area contributed by atoms with Crippen LogP contribution in [-0.2, 0) is 17.8 Å². The highest BCUT2D eigenvalue weighted by Crippen LogP contribution is 2.24.